The third-order valence-electron chi connectivity index (χ3n) is 1.64. The molecule has 0 spiro atoms. The highest BCUT2D eigenvalue weighted by atomic mass is 127. The Morgan fingerprint density at radius 3 is 2.79 bits per heavy atom. The zero-order valence-corrected chi connectivity index (χ0v) is 11.8. The molecular weight excluding hydrogens is 382 g/mol. The summed E-state index contributed by atoms with van der Waals surface area (Å²) in [6, 6.07) is 3.52. The second kappa shape index (κ2) is 5.32. The number of hydrogen-bond donors (Lipinski definition) is 0. The summed E-state index contributed by atoms with van der Waals surface area (Å²) in [6.45, 7) is 0. The minimum absolute atomic E-state index is 0.0803. The van der Waals surface area contributed by atoms with Crippen molar-refractivity contribution in [3.63, 3.8) is 0 Å². The Kier molecular flexibility index (Phi) is 4.66. The molecule has 0 amide bonds. The van der Waals surface area contributed by atoms with E-state index in [9.17, 15) is 4.79 Å². The van der Waals surface area contributed by atoms with Gasteiger partial charge in [0.05, 0.1) is 23.0 Å². The fourth-order valence-corrected chi connectivity index (χ4v) is 2.42. The first-order valence-electron chi connectivity index (χ1n) is 3.72. The Balaban J connectivity index is 3.32. The number of ether oxygens (including phenoxy) is 1. The molecule has 0 saturated heterocycles. The summed E-state index contributed by atoms with van der Waals surface area (Å²) in [6.07, 6.45) is 0. The van der Waals surface area contributed by atoms with Crippen molar-refractivity contribution in [2.24, 2.45) is 0 Å². The number of ketones is 1. The Morgan fingerprint density at radius 2 is 2.29 bits per heavy atom. The van der Waals surface area contributed by atoms with Crippen LogP contribution in [0.1, 0.15) is 10.4 Å². The van der Waals surface area contributed by atoms with E-state index in [1.54, 1.807) is 12.1 Å². The first-order chi connectivity index (χ1) is 6.60. The van der Waals surface area contributed by atoms with Gasteiger partial charge in [-0.05, 0) is 34.7 Å². The van der Waals surface area contributed by atoms with Crippen molar-refractivity contribution in [1.82, 2.24) is 0 Å². The van der Waals surface area contributed by atoms with Gasteiger partial charge in [-0.2, -0.15) is 0 Å². The molecule has 0 N–H and O–H groups in total. The van der Waals surface area contributed by atoms with Gasteiger partial charge in [-0.3, -0.25) is 4.79 Å². The van der Waals surface area contributed by atoms with Gasteiger partial charge in [0.2, 0.25) is 0 Å². The van der Waals surface area contributed by atoms with Crippen molar-refractivity contribution in [2.75, 3.05) is 12.4 Å². The van der Waals surface area contributed by atoms with Crippen LogP contribution in [-0.2, 0) is 0 Å². The fraction of sp³-hybridized carbons (Fsp3) is 0.222. The standard InChI is InChI=1S/C9H7BrClIO2/c1-14-8-3-5(12)2-6(11)9(8)7(13)4-10/h2-3H,4H2,1H3. The van der Waals surface area contributed by atoms with Gasteiger partial charge in [-0.15, -0.1) is 0 Å². The molecule has 0 aromatic heterocycles. The zero-order chi connectivity index (χ0) is 10.7. The summed E-state index contributed by atoms with van der Waals surface area (Å²) < 4.78 is 6.04. The van der Waals surface area contributed by atoms with E-state index in [-0.39, 0.29) is 11.1 Å². The molecule has 76 valence electrons. The predicted molar refractivity (Wildman–Crippen MR) is 68.8 cm³/mol. The largest absolute Gasteiger partial charge is 0.496 e. The van der Waals surface area contributed by atoms with Gasteiger partial charge in [-0.25, -0.2) is 0 Å². The number of methoxy groups -OCH3 is 1. The highest BCUT2D eigenvalue weighted by Gasteiger charge is 2.16. The summed E-state index contributed by atoms with van der Waals surface area (Å²) in [5.74, 6) is 0.439. The lowest BCUT2D eigenvalue weighted by Gasteiger charge is -2.08. The van der Waals surface area contributed by atoms with Crippen molar-refractivity contribution in [3.8, 4) is 5.75 Å². The van der Waals surface area contributed by atoms with Crippen molar-refractivity contribution < 1.29 is 9.53 Å². The van der Waals surface area contributed by atoms with Crippen LogP contribution in [0.4, 0.5) is 0 Å². The predicted octanol–water partition coefficient (Wildman–Crippen LogP) is 3.53. The molecule has 0 bridgehead atoms. The number of benzene rings is 1. The third-order valence-corrected chi connectivity index (χ3v) is 3.07. The van der Waals surface area contributed by atoms with E-state index in [0.717, 1.165) is 3.57 Å². The molecule has 0 aliphatic heterocycles. The molecule has 0 aliphatic rings. The van der Waals surface area contributed by atoms with Gasteiger partial charge in [0.15, 0.2) is 5.78 Å². The van der Waals surface area contributed by atoms with Crippen LogP contribution in [0.25, 0.3) is 0 Å². The van der Waals surface area contributed by atoms with Crippen molar-refractivity contribution in [1.29, 1.82) is 0 Å². The second-order valence-electron chi connectivity index (χ2n) is 2.52. The Hall–Kier alpha value is 0.190. The molecule has 0 heterocycles. The SMILES string of the molecule is COc1cc(I)cc(Cl)c1C(=O)CBr. The number of rotatable bonds is 3. The number of Topliss-reactive ketones (excluding diaryl/α,β-unsaturated/α-hetero) is 1. The molecule has 1 aromatic rings. The van der Waals surface area contributed by atoms with Gasteiger partial charge in [0, 0.05) is 3.57 Å². The van der Waals surface area contributed by atoms with Crippen LogP contribution in [0.2, 0.25) is 5.02 Å². The van der Waals surface area contributed by atoms with Gasteiger partial charge >= 0.3 is 0 Å². The summed E-state index contributed by atoms with van der Waals surface area (Å²) in [5.41, 5.74) is 0.437. The quantitative estimate of drug-likeness (QED) is 0.449. The Morgan fingerprint density at radius 1 is 1.64 bits per heavy atom. The molecule has 0 saturated carbocycles. The minimum Gasteiger partial charge on any atom is -0.496 e. The van der Waals surface area contributed by atoms with Crippen molar-refractivity contribution in [3.05, 3.63) is 26.3 Å². The lowest BCUT2D eigenvalue weighted by atomic mass is 10.1. The van der Waals surface area contributed by atoms with Crippen LogP contribution in [0.15, 0.2) is 12.1 Å². The van der Waals surface area contributed by atoms with Gasteiger partial charge in [-0.1, -0.05) is 27.5 Å². The topological polar surface area (TPSA) is 26.3 Å². The average molecular weight is 389 g/mol. The second-order valence-corrected chi connectivity index (χ2v) is 4.74. The van der Waals surface area contributed by atoms with Crippen LogP contribution in [0.3, 0.4) is 0 Å². The average Bonchev–Trinajstić information content (AvgIpc) is 2.15. The zero-order valence-electron chi connectivity index (χ0n) is 7.31. The summed E-state index contributed by atoms with van der Waals surface area (Å²) in [5, 5.41) is 0.669. The molecular formula is C9H7BrClIO2. The summed E-state index contributed by atoms with van der Waals surface area (Å²) in [7, 11) is 1.52. The van der Waals surface area contributed by atoms with E-state index in [2.05, 4.69) is 38.5 Å². The normalized spacial score (nSPS) is 10.0. The van der Waals surface area contributed by atoms with Crippen LogP contribution in [0, 0.1) is 3.57 Å². The fourth-order valence-electron chi connectivity index (χ4n) is 1.05. The van der Waals surface area contributed by atoms with E-state index in [1.807, 2.05) is 0 Å². The lowest BCUT2D eigenvalue weighted by Crippen LogP contribution is -2.04. The van der Waals surface area contributed by atoms with Gasteiger partial charge in [0.25, 0.3) is 0 Å². The smallest absolute Gasteiger partial charge is 0.178 e. The highest BCUT2D eigenvalue weighted by molar-refractivity contribution is 14.1. The van der Waals surface area contributed by atoms with Crippen molar-refractivity contribution >= 4 is 55.9 Å². The molecule has 1 aromatic carbocycles. The minimum atomic E-state index is -0.0803. The molecule has 0 unspecified atom stereocenters. The molecule has 5 heteroatoms. The maximum atomic E-state index is 11.5. The van der Waals surface area contributed by atoms with E-state index in [4.69, 9.17) is 16.3 Å². The van der Waals surface area contributed by atoms with Crippen LogP contribution < -0.4 is 4.74 Å². The molecule has 1 rings (SSSR count). The molecule has 0 fully saturated rings. The van der Waals surface area contributed by atoms with E-state index in [1.165, 1.54) is 7.11 Å². The number of alkyl halides is 1. The maximum absolute atomic E-state index is 11.5. The van der Waals surface area contributed by atoms with Gasteiger partial charge < -0.3 is 4.74 Å². The maximum Gasteiger partial charge on any atom is 0.178 e. The third kappa shape index (κ3) is 2.61. The van der Waals surface area contributed by atoms with Crippen LogP contribution in [-0.4, -0.2) is 18.2 Å². The van der Waals surface area contributed by atoms with E-state index < -0.39 is 0 Å². The van der Waals surface area contributed by atoms with Crippen molar-refractivity contribution in [2.45, 2.75) is 0 Å². The number of halogens is 3. The van der Waals surface area contributed by atoms with Crippen LogP contribution >= 0.6 is 50.1 Å². The Bertz CT molecular complexity index is 368. The van der Waals surface area contributed by atoms with Crippen LogP contribution in [0.5, 0.6) is 5.75 Å². The molecule has 14 heavy (non-hydrogen) atoms. The molecule has 0 aliphatic carbocycles. The molecule has 0 radical (unpaired) electrons. The van der Waals surface area contributed by atoms with E-state index in [0.29, 0.717) is 16.3 Å². The lowest BCUT2D eigenvalue weighted by molar-refractivity contribution is 0.102. The van der Waals surface area contributed by atoms with E-state index >= 15 is 0 Å². The first kappa shape index (κ1) is 12.3. The van der Waals surface area contributed by atoms with Gasteiger partial charge in [0.1, 0.15) is 5.75 Å². The number of carbonyl (C=O) groups is 1. The number of hydrogen-bond acceptors (Lipinski definition) is 2. The summed E-state index contributed by atoms with van der Waals surface area (Å²) in [4.78, 5) is 11.5. The number of carbonyl (C=O) groups excluding carboxylic acids is 1. The molecule has 0 atom stereocenters. The Labute approximate surface area is 109 Å². The summed E-state index contributed by atoms with van der Waals surface area (Å²) >= 11 is 11.2. The highest BCUT2D eigenvalue weighted by Crippen LogP contribution is 2.29. The first-order valence-corrected chi connectivity index (χ1v) is 6.30. The monoisotopic (exact) mass is 388 g/mol. The molecule has 2 nitrogen and oxygen atoms in total.